The SMILES string of the molecule is Cc1ccc(-n2nc(-c3ccc(Cl)cc3)c3c2N(CC(=O)NC2CC2)C(=O)CS[C@@H]3c2ccc(F)cc2)cc1. The number of rotatable bonds is 6. The molecule has 0 radical (unpaired) electrons. The van der Waals surface area contributed by atoms with Crippen molar-refractivity contribution in [3.63, 3.8) is 0 Å². The quantitative estimate of drug-likeness (QED) is 0.310. The molecular formula is C30H26ClFN4O2S. The first-order chi connectivity index (χ1) is 18.9. The fraction of sp³-hybridized carbons (Fsp3) is 0.233. The highest BCUT2D eigenvalue weighted by atomic mass is 35.5. The normalized spacial score (nSPS) is 17.1. The van der Waals surface area contributed by atoms with Gasteiger partial charge in [0.2, 0.25) is 11.8 Å². The Hall–Kier alpha value is -3.62. The Kier molecular flexibility index (Phi) is 6.91. The number of aryl methyl sites for hydroxylation is 1. The van der Waals surface area contributed by atoms with Crippen molar-refractivity contribution in [1.82, 2.24) is 15.1 Å². The molecule has 2 heterocycles. The van der Waals surface area contributed by atoms with Crippen LogP contribution in [0, 0.1) is 12.7 Å². The van der Waals surface area contributed by atoms with E-state index in [0.717, 1.165) is 40.8 Å². The van der Waals surface area contributed by atoms with Gasteiger partial charge in [-0.25, -0.2) is 9.07 Å². The summed E-state index contributed by atoms with van der Waals surface area (Å²) in [6.07, 6.45) is 1.91. The van der Waals surface area contributed by atoms with Crippen molar-refractivity contribution in [2.24, 2.45) is 0 Å². The van der Waals surface area contributed by atoms with E-state index in [2.05, 4.69) is 5.32 Å². The zero-order valence-corrected chi connectivity index (χ0v) is 22.8. The minimum Gasteiger partial charge on any atom is -0.352 e. The lowest BCUT2D eigenvalue weighted by molar-refractivity contribution is -0.123. The minimum absolute atomic E-state index is 0.114. The molecule has 6 rings (SSSR count). The van der Waals surface area contributed by atoms with Crippen molar-refractivity contribution in [1.29, 1.82) is 0 Å². The molecule has 0 spiro atoms. The molecule has 9 heteroatoms. The minimum atomic E-state index is -0.333. The van der Waals surface area contributed by atoms with E-state index < -0.39 is 0 Å². The number of hydrogen-bond acceptors (Lipinski definition) is 4. The fourth-order valence-electron chi connectivity index (χ4n) is 4.75. The lowest BCUT2D eigenvalue weighted by atomic mass is 9.99. The maximum atomic E-state index is 13.9. The Morgan fingerprint density at radius 3 is 2.41 bits per heavy atom. The van der Waals surface area contributed by atoms with Crippen LogP contribution in [0.3, 0.4) is 0 Å². The third kappa shape index (κ3) is 5.31. The number of halogens is 2. The van der Waals surface area contributed by atoms with E-state index in [-0.39, 0.29) is 41.2 Å². The summed E-state index contributed by atoms with van der Waals surface area (Å²) in [7, 11) is 0. The topological polar surface area (TPSA) is 67.2 Å². The molecule has 1 N–H and O–H groups in total. The summed E-state index contributed by atoms with van der Waals surface area (Å²) >= 11 is 7.66. The molecule has 39 heavy (non-hydrogen) atoms. The molecule has 0 saturated heterocycles. The van der Waals surface area contributed by atoms with Crippen LogP contribution in [-0.4, -0.2) is 39.9 Å². The van der Waals surface area contributed by atoms with Gasteiger partial charge >= 0.3 is 0 Å². The number of aromatic nitrogens is 2. The van der Waals surface area contributed by atoms with Crippen LogP contribution in [0.5, 0.6) is 0 Å². The monoisotopic (exact) mass is 560 g/mol. The third-order valence-corrected chi connectivity index (χ3v) is 8.41. The Balaban J connectivity index is 1.60. The predicted octanol–water partition coefficient (Wildman–Crippen LogP) is 6.09. The first-order valence-corrected chi connectivity index (χ1v) is 14.2. The van der Waals surface area contributed by atoms with Gasteiger partial charge in [0, 0.05) is 22.2 Å². The number of nitrogens with zero attached hydrogens (tertiary/aromatic N) is 3. The molecule has 1 atom stereocenters. The van der Waals surface area contributed by atoms with E-state index in [1.54, 1.807) is 33.8 Å². The van der Waals surface area contributed by atoms with E-state index in [1.165, 1.54) is 23.9 Å². The highest BCUT2D eigenvalue weighted by Gasteiger charge is 2.38. The Morgan fingerprint density at radius 2 is 1.74 bits per heavy atom. The van der Waals surface area contributed by atoms with E-state index in [0.29, 0.717) is 16.5 Å². The average molecular weight is 561 g/mol. The molecule has 1 aliphatic heterocycles. The third-order valence-electron chi connectivity index (χ3n) is 6.90. The van der Waals surface area contributed by atoms with Crippen LogP contribution in [0.2, 0.25) is 5.02 Å². The average Bonchev–Trinajstić information content (AvgIpc) is 3.68. The van der Waals surface area contributed by atoms with E-state index in [9.17, 15) is 14.0 Å². The molecule has 2 amide bonds. The van der Waals surface area contributed by atoms with Gasteiger partial charge in [0.1, 0.15) is 18.2 Å². The van der Waals surface area contributed by atoms with Crippen LogP contribution in [0.15, 0.2) is 72.8 Å². The highest BCUT2D eigenvalue weighted by molar-refractivity contribution is 8.00. The molecular weight excluding hydrogens is 535 g/mol. The highest BCUT2D eigenvalue weighted by Crippen LogP contribution is 2.48. The van der Waals surface area contributed by atoms with Gasteiger partial charge in [0.25, 0.3) is 0 Å². The van der Waals surface area contributed by atoms with Crippen molar-refractivity contribution in [2.75, 3.05) is 17.2 Å². The second kappa shape index (κ2) is 10.5. The van der Waals surface area contributed by atoms with Gasteiger partial charge in [-0.15, -0.1) is 11.8 Å². The van der Waals surface area contributed by atoms with Gasteiger partial charge in [0.05, 0.1) is 22.4 Å². The van der Waals surface area contributed by atoms with E-state index >= 15 is 0 Å². The standard InChI is InChI=1S/C30H26ClFN4O2S/c1-18-2-14-24(15-3-18)36-30-27(28(34-36)19-4-8-21(31)9-5-19)29(20-6-10-22(32)11-7-20)39-17-26(38)35(30)16-25(37)33-23-12-13-23/h2-11,14-15,23,29H,12-13,16-17H2,1H3,(H,33,37)/t29-/m1/s1. The van der Waals surface area contributed by atoms with Gasteiger partial charge in [-0.05, 0) is 61.7 Å². The van der Waals surface area contributed by atoms with Gasteiger partial charge in [-0.3, -0.25) is 14.5 Å². The van der Waals surface area contributed by atoms with Crippen molar-refractivity contribution in [3.05, 3.63) is 100 Å². The zero-order chi connectivity index (χ0) is 27.1. The molecule has 1 fully saturated rings. The van der Waals surface area contributed by atoms with Gasteiger partial charge < -0.3 is 5.32 Å². The number of carbonyl (C=O) groups excluding carboxylic acids is 2. The molecule has 1 saturated carbocycles. The molecule has 198 valence electrons. The van der Waals surface area contributed by atoms with E-state index in [1.807, 2.05) is 43.3 Å². The summed E-state index contributed by atoms with van der Waals surface area (Å²) in [5.74, 6) is -0.0275. The maximum Gasteiger partial charge on any atom is 0.240 e. The van der Waals surface area contributed by atoms with Crippen molar-refractivity contribution in [3.8, 4) is 16.9 Å². The predicted molar refractivity (Wildman–Crippen MR) is 153 cm³/mol. The molecule has 1 aromatic heterocycles. The summed E-state index contributed by atoms with van der Waals surface area (Å²) < 4.78 is 15.7. The summed E-state index contributed by atoms with van der Waals surface area (Å²) in [4.78, 5) is 28.3. The first-order valence-electron chi connectivity index (χ1n) is 12.8. The smallest absolute Gasteiger partial charge is 0.240 e. The Morgan fingerprint density at radius 1 is 1.05 bits per heavy atom. The fourth-order valence-corrected chi connectivity index (χ4v) is 6.08. The first kappa shape index (κ1) is 25.6. The van der Waals surface area contributed by atoms with Crippen molar-refractivity contribution in [2.45, 2.75) is 31.1 Å². The van der Waals surface area contributed by atoms with E-state index in [4.69, 9.17) is 16.7 Å². The van der Waals surface area contributed by atoms with Crippen LogP contribution in [0.4, 0.5) is 10.2 Å². The second-order valence-corrected chi connectivity index (χ2v) is 11.4. The number of carbonyl (C=O) groups is 2. The number of fused-ring (bicyclic) bond motifs is 1. The molecule has 4 aromatic rings. The Bertz CT molecular complexity index is 1530. The van der Waals surface area contributed by atoms with Crippen LogP contribution in [0.1, 0.15) is 34.8 Å². The summed E-state index contributed by atoms with van der Waals surface area (Å²) in [5, 5.41) is 8.33. The molecule has 1 aliphatic carbocycles. The number of nitrogens with one attached hydrogen (secondary N) is 1. The molecule has 6 nitrogen and oxygen atoms in total. The van der Waals surface area contributed by atoms with Crippen LogP contribution >= 0.6 is 23.4 Å². The van der Waals surface area contributed by atoms with Crippen LogP contribution < -0.4 is 10.2 Å². The number of anilines is 1. The molecule has 3 aromatic carbocycles. The lowest BCUT2D eigenvalue weighted by Crippen LogP contribution is -2.43. The van der Waals surface area contributed by atoms with Gasteiger partial charge in [0.15, 0.2) is 0 Å². The van der Waals surface area contributed by atoms with Crippen LogP contribution in [0.25, 0.3) is 16.9 Å². The maximum absolute atomic E-state index is 13.9. The number of hydrogen-bond donors (Lipinski definition) is 1. The van der Waals surface area contributed by atoms with Crippen molar-refractivity contribution < 1.29 is 14.0 Å². The largest absolute Gasteiger partial charge is 0.352 e. The summed E-state index contributed by atoms with van der Waals surface area (Å²) in [6, 6.07) is 21.8. The lowest BCUT2D eigenvalue weighted by Gasteiger charge is -2.23. The molecule has 0 bridgehead atoms. The Labute approximate surface area is 235 Å². The summed E-state index contributed by atoms with van der Waals surface area (Å²) in [6.45, 7) is 1.89. The van der Waals surface area contributed by atoms with Crippen LogP contribution in [-0.2, 0) is 9.59 Å². The molecule has 0 unspecified atom stereocenters. The van der Waals surface area contributed by atoms with Crippen molar-refractivity contribution >= 4 is 41.0 Å². The summed E-state index contributed by atoms with van der Waals surface area (Å²) in [5.41, 5.74) is 4.99. The zero-order valence-electron chi connectivity index (χ0n) is 21.2. The van der Waals surface area contributed by atoms with Gasteiger partial charge in [-0.1, -0.05) is 53.6 Å². The molecule has 2 aliphatic rings. The number of amides is 2. The second-order valence-electron chi connectivity index (χ2n) is 9.90. The number of thioether (sulfide) groups is 1. The number of benzene rings is 3. The van der Waals surface area contributed by atoms with Gasteiger partial charge in [-0.2, -0.15) is 5.10 Å².